The number of H-pyrrole nitrogens is 2. The number of hydrogen-bond acceptors (Lipinski definition) is 10. The summed E-state index contributed by atoms with van der Waals surface area (Å²) in [6, 6.07) is 49.7. The summed E-state index contributed by atoms with van der Waals surface area (Å²) in [5.74, 6) is 1.75. The van der Waals surface area contributed by atoms with E-state index in [4.69, 9.17) is 38.4 Å². The third kappa shape index (κ3) is 19.9. The van der Waals surface area contributed by atoms with Crippen LogP contribution in [0.1, 0.15) is 201 Å². The molecule has 574 valence electrons. The number of amides is 2. The van der Waals surface area contributed by atoms with Crippen molar-refractivity contribution >= 4 is 58.2 Å². The monoisotopic (exact) mass is 1480 g/mol. The number of benzene rings is 6. The van der Waals surface area contributed by atoms with Crippen LogP contribution in [0.4, 0.5) is 0 Å². The predicted octanol–water partition coefficient (Wildman–Crippen LogP) is 21.9. The normalized spacial score (nSPS) is 12.6. The summed E-state index contributed by atoms with van der Waals surface area (Å²) < 4.78 is 35.0. The largest absolute Gasteiger partial charge is 0.492 e. The fourth-order valence-electron chi connectivity index (χ4n) is 13.3. The molecule has 2 aliphatic heterocycles. The van der Waals surface area contributed by atoms with Gasteiger partial charge in [-0.1, -0.05) is 191 Å². The van der Waals surface area contributed by atoms with Crippen LogP contribution in [0.25, 0.3) is 90.9 Å². The third-order valence-corrected chi connectivity index (χ3v) is 19.8. The first-order valence-corrected chi connectivity index (χ1v) is 38.5. The number of aromatic amines is 2. The molecule has 0 unspecified atom stereocenters. The molecule has 0 fully saturated rings. The van der Waals surface area contributed by atoms with Crippen LogP contribution in [-0.2, 0) is 42.0 Å². The summed E-state index contributed by atoms with van der Waals surface area (Å²) in [6.45, 7) is 51.5. The molecule has 5 heterocycles. The highest BCUT2D eigenvalue weighted by Gasteiger charge is 2.29. The van der Waals surface area contributed by atoms with E-state index in [1.165, 1.54) is 33.4 Å². The highest BCUT2D eigenvalue weighted by molar-refractivity contribution is 6.05. The van der Waals surface area contributed by atoms with Crippen molar-refractivity contribution in [2.24, 2.45) is 0 Å². The molecular weight excluding hydrogens is 1370 g/mol. The van der Waals surface area contributed by atoms with Crippen LogP contribution in [0.15, 0.2) is 171 Å². The number of rotatable bonds is 26. The quantitative estimate of drug-likeness (QED) is 0.0302. The second-order valence-electron chi connectivity index (χ2n) is 34.8. The molecule has 110 heavy (non-hydrogen) atoms. The van der Waals surface area contributed by atoms with Crippen molar-refractivity contribution in [1.29, 1.82) is 0 Å². The van der Waals surface area contributed by atoms with Crippen molar-refractivity contribution in [2.45, 2.75) is 157 Å². The Hall–Kier alpha value is -10.5. The van der Waals surface area contributed by atoms with Gasteiger partial charge in [-0.15, -0.1) is 13.2 Å². The molecule has 11 rings (SSSR count). The van der Waals surface area contributed by atoms with E-state index < -0.39 is 11.8 Å². The molecule has 8 bridgehead atoms. The van der Waals surface area contributed by atoms with Crippen molar-refractivity contribution in [2.75, 3.05) is 65.9 Å². The predicted molar refractivity (Wildman–Crippen MR) is 454 cm³/mol. The highest BCUT2D eigenvalue weighted by atomic mass is 16.5. The first-order chi connectivity index (χ1) is 52.0. The van der Waals surface area contributed by atoms with Crippen LogP contribution >= 0.6 is 0 Å². The van der Waals surface area contributed by atoms with Gasteiger partial charge < -0.3 is 49.0 Å². The minimum absolute atomic E-state index is 0.152. The molecule has 14 heteroatoms. The molecule has 4 N–H and O–H groups in total. The van der Waals surface area contributed by atoms with Gasteiger partial charge in [-0.25, -0.2) is 9.97 Å². The zero-order valence-electron chi connectivity index (χ0n) is 68.0. The van der Waals surface area contributed by atoms with Gasteiger partial charge in [0.15, 0.2) is 0 Å². The van der Waals surface area contributed by atoms with Gasteiger partial charge in [0.05, 0.1) is 62.3 Å². The van der Waals surface area contributed by atoms with E-state index in [0.717, 1.165) is 67.0 Å². The molecule has 2 amide bonds. The van der Waals surface area contributed by atoms with E-state index >= 15 is 9.59 Å². The Morgan fingerprint density at radius 3 is 0.827 bits per heavy atom. The third-order valence-electron chi connectivity index (χ3n) is 19.8. The molecule has 0 saturated heterocycles. The van der Waals surface area contributed by atoms with E-state index in [0.29, 0.717) is 85.0 Å². The summed E-state index contributed by atoms with van der Waals surface area (Å²) in [6.07, 6.45) is 11.9. The Bertz CT molecular complexity index is 4830. The van der Waals surface area contributed by atoms with Gasteiger partial charge in [0.1, 0.15) is 49.4 Å². The smallest absolute Gasteiger partial charge is 0.251 e. The number of nitrogens with one attached hydrogen (secondary N) is 4. The molecular formula is C96H112N6O8. The number of carbonyl (C=O) groups is 2. The molecule has 9 aromatic rings. The molecule has 0 aliphatic carbocycles. The first kappa shape index (κ1) is 80.5. The summed E-state index contributed by atoms with van der Waals surface area (Å²) >= 11 is 0. The molecule has 0 atom stereocenters. The van der Waals surface area contributed by atoms with E-state index in [9.17, 15) is 0 Å². The zero-order valence-corrected chi connectivity index (χ0v) is 68.0. The van der Waals surface area contributed by atoms with E-state index in [2.05, 4.69) is 262 Å². The van der Waals surface area contributed by atoms with Gasteiger partial charge in [0, 0.05) is 55.4 Å². The number of ether oxygens (including phenoxy) is 6. The maximum atomic E-state index is 15.0. The van der Waals surface area contributed by atoms with Crippen molar-refractivity contribution in [3.8, 4) is 67.5 Å². The lowest BCUT2D eigenvalue weighted by Gasteiger charge is -2.26. The maximum absolute atomic E-state index is 15.0. The van der Waals surface area contributed by atoms with Gasteiger partial charge >= 0.3 is 0 Å². The Morgan fingerprint density at radius 2 is 0.582 bits per heavy atom. The molecule has 2 aliphatic rings. The minimum Gasteiger partial charge on any atom is -0.492 e. The Balaban J connectivity index is 1.15. The lowest BCUT2D eigenvalue weighted by molar-refractivity contribution is 0.0946. The molecule has 0 spiro atoms. The second kappa shape index (κ2) is 33.3. The van der Waals surface area contributed by atoms with Crippen molar-refractivity contribution in [3.63, 3.8) is 0 Å². The first-order valence-electron chi connectivity index (χ1n) is 38.5. The second-order valence-corrected chi connectivity index (χ2v) is 34.8. The van der Waals surface area contributed by atoms with Crippen LogP contribution in [0, 0.1) is 0 Å². The fourth-order valence-corrected chi connectivity index (χ4v) is 13.3. The van der Waals surface area contributed by atoms with Crippen LogP contribution < -0.4 is 29.6 Å². The van der Waals surface area contributed by atoms with Gasteiger partial charge in [0.2, 0.25) is 0 Å². The molecule has 3 aromatic heterocycles. The van der Waals surface area contributed by atoms with Crippen molar-refractivity contribution in [3.05, 3.63) is 238 Å². The highest BCUT2D eigenvalue weighted by Crippen LogP contribution is 2.44. The van der Waals surface area contributed by atoms with E-state index in [-0.39, 0.29) is 69.9 Å². The Morgan fingerprint density at radius 1 is 0.336 bits per heavy atom. The number of hydrogen-bond donors (Lipinski definition) is 4. The van der Waals surface area contributed by atoms with Crippen LogP contribution in [-0.4, -0.2) is 97.7 Å². The maximum Gasteiger partial charge on any atom is 0.251 e. The summed E-state index contributed by atoms with van der Waals surface area (Å²) in [4.78, 5) is 49.8. The molecule has 0 radical (unpaired) electrons. The Labute approximate surface area is 651 Å². The number of nitrogens with zero attached hydrogens (tertiary/aromatic N) is 2. The zero-order chi connectivity index (χ0) is 79.1. The molecule has 14 nitrogen and oxygen atoms in total. The lowest BCUT2D eigenvalue weighted by Crippen LogP contribution is -2.30. The van der Waals surface area contributed by atoms with Gasteiger partial charge in [-0.2, -0.15) is 0 Å². The lowest BCUT2D eigenvalue weighted by atomic mass is 9.78. The van der Waals surface area contributed by atoms with Crippen molar-refractivity contribution < 1.29 is 38.0 Å². The summed E-state index contributed by atoms with van der Waals surface area (Å²) in [5, 5.41) is 6.21. The van der Waals surface area contributed by atoms with Crippen molar-refractivity contribution in [1.82, 2.24) is 30.6 Å². The van der Waals surface area contributed by atoms with Crippen LogP contribution in [0.2, 0.25) is 0 Å². The Kier molecular flexibility index (Phi) is 24.4. The molecule has 6 aromatic carbocycles. The summed E-state index contributed by atoms with van der Waals surface area (Å²) in [5.41, 5.74) is 19.7. The van der Waals surface area contributed by atoms with Gasteiger partial charge in [-0.05, 0) is 203 Å². The van der Waals surface area contributed by atoms with Gasteiger partial charge in [0.25, 0.3) is 11.8 Å². The SMILES string of the molecule is C=CCOCCOc1ccc(OCCNC(=O)c2cc(C(=O)NCCOc3ccc(OCCOCC=C)cc3)cc(-c3c4nc(c(-c5cc(C(C)(C)C)cc(C(C)(C)C)c5)c5ccc([nH]5)c(-c5cc(C(C)(C)C)cc(C(C)(C)C)c5)c5nc(c(-c6cc(C(C)(C)C)cc(C(C)(C)C)c6)c6ccc3[nH]6)C=C5)C=C4)c2)cc1. The molecule has 0 saturated carbocycles. The number of carbonyl (C=O) groups excluding carboxylic acids is 2. The fraction of sp³-hybridized carbons (Fsp3) is 0.354. The minimum atomic E-state index is -0.409. The van der Waals surface area contributed by atoms with Crippen LogP contribution in [0.5, 0.6) is 23.0 Å². The van der Waals surface area contributed by atoms with Crippen LogP contribution in [0.3, 0.4) is 0 Å². The summed E-state index contributed by atoms with van der Waals surface area (Å²) in [7, 11) is 0. The average Bonchev–Trinajstić information content (AvgIpc) is 1.57. The standard InChI is InChI=1S/C96H112N6O8/c1-21-41-105-45-47-109-75-27-23-73(24-28-75)107-43-39-97-89(103)65-49-61(50-66(51-65)90(104)98-40-44-108-74-25-29-76(30-26-74)110-48-46-106-42-22-2)85-77-31-33-79(99-77)86(62-52-67(91(3,4)5)58-68(53-62)92(6,7)8)81-35-37-83(101-81)88(64-56-71(95(15,16)17)60-72(57-64)96(18,19)20)84-38-36-82(102-84)87(80-34-32-78(85)100-80)63-54-69(93(9,10)11)59-70(55-63)94(12,13)14/h21-38,49-60,99,102H,1-2,39-48H2,3-20H3,(H,97,103)(H,98,104). The number of fused-ring (bicyclic) bond motifs is 8. The van der Waals surface area contributed by atoms with Gasteiger partial charge in [-0.3, -0.25) is 9.59 Å². The topological polar surface area (TPSA) is 171 Å². The average molecular weight is 1480 g/mol. The number of aromatic nitrogens is 4. The van der Waals surface area contributed by atoms with E-state index in [1.54, 1.807) is 18.2 Å². The van der Waals surface area contributed by atoms with E-state index in [1.807, 2.05) is 60.7 Å².